The van der Waals surface area contributed by atoms with E-state index in [4.69, 9.17) is 0 Å². The Hall–Kier alpha value is -0.850. The van der Waals surface area contributed by atoms with Crippen LogP contribution in [0.3, 0.4) is 0 Å². The average Bonchev–Trinajstić information content (AvgIpc) is 3.50. The minimum atomic E-state index is -1.03. The fourth-order valence-electron chi connectivity index (χ4n) is 6.67. The van der Waals surface area contributed by atoms with Crippen molar-refractivity contribution in [3.05, 3.63) is 35.5 Å². The van der Waals surface area contributed by atoms with Gasteiger partial charge in [-0.1, -0.05) is 70.4 Å². The molecule has 31 heavy (non-hydrogen) atoms. The molecule has 0 heterocycles. The van der Waals surface area contributed by atoms with E-state index < -0.39 is 5.67 Å². The number of hydrogen-bond acceptors (Lipinski definition) is 0. The van der Waals surface area contributed by atoms with Gasteiger partial charge in [-0.2, -0.15) is 0 Å². The fourth-order valence-corrected chi connectivity index (χ4v) is 6.67. The molecule has 0 radical (unpaired) electrons. The molecular weight excluding hydrogens is 379 g/mol. The molecule has 2 rings (SSSR count). The van der Waals surface area contributed by atoms with Crippen LogP contribution in [0.4, 0.5) is 4.39 Å². The van der Waals surface area contributed by atoms with E-state index in [1.807, 2.05) is 13.8 Å². The van der Waals surface area contributed by atoms with Crippen LogP contribution in [0.25, 0.3) is 0 Å². The second-order valence-electron chi connectivity index (χ2n) is 11.5. The SMILES string of the molecule is C=C(C)C(=C/C)/C=C(\C)C(C(CC)CC1CC(C)C1)C(CC)CC1(C(C)(F)CC)CC1. The van der Waals surface area contributed by atoms with E-state index in [9.17, 15) is 0 Å². The summed E-state index contributed by atoms with van der Waals surface area (Å²) in [5.74, 6) is 3.61. The highest BCUT2D eigenvalue weighted by Crippen LogP contribution is 2.62. The Morgan fingerprint density at radius 2 is 1.71 bits per heavy atom. The molecule has 4 unspecified atom stereocenters. The average molecular weight is 431 g/mol. The molecule has 178 valence electrons. The van der Waals surface area contributed by atoms with Crippen LogP contribution in [-0.2, 0) is 0 Å². The molecule has 0 aromatic carbocycles. The van der Waals surface area contributed by atoms with Crippen LogP contribution in [0.1, 0.15) is 113 Å². The maximum atomic E-state index is 15.6. The molecule has 0 nitrogen and oxygen atoms in total. The largest absolute Gasteiger partial charge is 0.244 e. The number of halogens is 1. The number of allylic oxidation sites excluding steroid dienone is 5. The van der Waals surface area contributed by atoms with Crippen molar-refractivity contribution in [2.45, 2.75) is 119 Å². The van der Waals surface area contributed by atoms with Gasteiger partial charge in [0.2, 0.25) is 0 Å². The number of alkyl halides is 1. The van der Waals surface area contributed by atoms with Crippen LogP contribution < -0.4 is 0 Å². The van der Waals surface area contributed by atoms with Gasteiger partial charge in [0.1, 0.15) is 5.67 Å². The smallest absolute Gasteiger partial charge is 0.113 e. The van der Waals surface area contributed by atoms with Crippen molar-refractivity contribution >= 4 is 0 Å². The van der Waals surface area contributed by atoms with Gasteiger partial charge in [-0.25, -0.2) is 4.39 Å². The zero-order chi connectivity index (χ0) is 23.4. The Morgan fingerprint density at radius 3 is 2.10 bits per heavy atom. The highest BCUT2D eigenvalue weighted by atomic mass is 19.1. The van der Waals surface area contributed by atoms with Crippen LogP contribution >= 0.6 is 0 Å². The van der Waals surface area contributed by atoms with E-state index >= 15 is 4.39 Å². The fraction of sp³-hybridized carbons (Fsp3) is 0.800. The minimum Gasteiger partial charge on any atom is -0.244 e. The third-order valence-electron chi connectivity index (χ3n) is 9.16. The molecule has 0 saturated heterocycles. The summed E-state index contributed by atoms with van der Waals surface area (Å²) in [5.41, 5.74) is 2.78. The molecule has 0 aromatic heterocycles. The van der Waals surface area contributed by atoms with Gasteiger partial charge in [-0.05, 0) is 108 Å². The Bertz CT molecular complexity index is 654. The first-order valence-corrected chi connectivity index (χ1v) is 13.2. The summed E-state index contributed by atoms with van der Waals surface area (Å²) < 4.78 is 15.6. The molecule has 2 fully saturated rings. The van der Waals surface area contributed by atoms with Crippen LogP contribution in [-0.4, -0.2) is 5.67 Å². The Kier molecular flexibility index (Phi) is 9.24. The normalized spacial score (nSPS) is 28.3. The van der Waals surface area contributed by atoms with Crippen molar-refractivity contribution in [1.29, 1.82) is 0 Å². The first-order valence-electron chi connectivity index (χ1n) is 13.2. The third-order valence-corrected chi connectivity index (χ3v) is 9.16. The Balaban J connectivity index is 2.36. The van der Waals surface area contributed by atoms with Gasteiger partial charge in [0.25, 0.3) is 0 Å². The lowest BCUT2D eigenvalue weighted by molar-refractivity contribution is 0.0433. The van der Waals surface area contributed by atoms with E-state index in [2.05, 4.69) is 60.3 Å². The molecule has 2 aliphatic rings. The quantitative estimate of drug-likeness (QED) is 0.255. The minimum absolute atomic E-state index is 0.0813. The van der Waals surface area contributed by atoms with Crippen LogP contribution in [0.15, 0.2) is 35.5 Å². The lowest BCUT2D eigenvalue weighted by atomic mass is 9.63. The predicted octanol–water partition coefficient (Wildman–Crippen LogP) is 9.87. The topological polar surface area (TPSA) is 0 Å². The molecule has 0 N–H and O–H groups in total. The molecule has 0 aliphatic heterocycles. The van der Waals surface area contributed by atoms with Crippen molar-refractivity contribution in [3.8, 4) is 0 Å². The Labute approximate surface area is 193 Å². The van der Waals surface area contributed by atoms with Gasteiger partial charge < -0.3 is 0 Å². The van der Waals surface area contributed by atoms with Crippen LogP contribution in [0.2, 0.25) is 0 Å². The van der Waals surface area contributed by atoms with Crippen molar-refractivity contribution in [3.63, 3.8) is 0 Å². The highest BCUT2D eigenvalue weighted by Gasteiger charge is 2.57. The van der Waals surface area contributed by atoms with Gasteiger partial charge in [0.05, 0.1) is 0 Å². The van der Waals surface area contributed by atoms with Gasteiger partial charge in [0, 0.05) is 5.41 Å². The zero-order valence-corrected chi connectivity index (χ0v) is 22.0. The molecule has 1 heteroatoms. The van der Waals surface area contributed by atoms with Gasteiger partial charge in [0.15, 0.2) is 0 Å². The molecule has 0 aromatic rings. The summed E-state index contributed by atoms with van der Waals surface area (Å²) in [6.07, 6.45) is 14.9. The van der Waals surface area contributed by atoms with Crippen molar-refractivity contribution in [2.24, 2.45) is 35.0 Å². The second kappa shape index (κ2) is 10.8. The summed E-state index contributed by atoms with van der Waals surface area (Å²) in [5, 5.41) is 0. The number of hydrogen-bond donors (Lipinski definition) is 0. The third kappa shape index (κ3) is 6.14. The monoisotopic (exact) mass is 430 g/mol. The molecule has 0 spiro atoms. The summed E-state index contributed by atoms with van der Waals surface area (Å²) in [7, 11) is 0. The standard InChI is InChI=1S/C30H51F/c1-10-25(21(5)6)18-23(8)28(26(11-2)19-24-16-22(7)17-24)27(12-3)20-30(14-15-30)29(9,31)13-4/h10,18,22,24,26-28H,5,11-17,19-20H2,1-4,6-9H3/b23-18+,25-10+. The van der Waals surface area contributed by atoms with Crippen molar-refractivity contribution in [2.75, 3.05) is 0 Å². The summed E-state index contributed by atoms with van der Waals surface area (Å²) in [4.78, 5) is 0. The van der Waals surface area contributed by atoms with E-state index in [1.54, 1.807) is 0 Å². The summed E-state index contributed by atoms with van der Waals surface area (Å²) in [6.45, 7) is 21.8. The molecule has 4 atom stereocenters. The van der Waals surface area contributed by atoms with Crippen molar-refractivity contribution < 1.29 is 4.39 Å². The lowest BCUT2D eigenvalue weighted by Crippen LogP contribution is -2.36. The van der Waals surface area contributed by atoms with Crippen molar-refractivity contribution in [1.82, 2.24) is 0 Å². The summed E-state index contributed by atoms with van der Waals surface area (Å²) in [6, 6.07) is 0. The highest BCUT2D eigenvalue weighted by molar-refractivity contribution is 5.38. The maximum absolute atomic E-state index is 15.6. The van der Waals surface area contributed by atoms with E-state index in [0.29, 0.717) is 24.2 Å². The van der Waals surface area contributed by atoms with E-state index in [0.717, 1.165) is 43.1 Å². The second-order valence-corrected chi connectivity index (χ2v) is 11.5. The molecule has 2 aliphatic carbocycles. The first-order chi connectivity index (χ1) is 14.5. The number of rotatable bonds is 13. The first kappa shape index (κ1) is 26.4. The van der Waals surface area contributed by atoms with Gasteiger partial charge in [-0.15, -0.1) is 0 Å². The summed E-state index contributed by atoms with van der Waals surface area (Å²) >= 11 is 0. The maximum Gasteiger partial charge on any atom is 0.113 e. The zero-order valence-electron chi connectivity index (χ0n) is 22.0. The van der Waals surface area contributed by atoms with Gasteiger partial charge >= 0.3 is 0 Å². The predicted molar refractivity (Wildman–Crippen MR) is 136 cm³/mol. The van der Waals surface area contributed by atoms with Gasteiger partial charge in [-0.3, -0.25) is 0 Å². The Morgan fingerprint density at radius 1 is 1.13 bits per heavy atom. The van der Waals surface area contributed by atoms with Crippen LogP contribution in [0.5, 0.6) is 0 Å². The molecule has 0 bridgehead atoms. The van der Waals surface area contributed by atoms with E-state index in [1.165, 1.54) is 36.8 Å². The lowest BCUT2D eigenvalue weighted by Gasteiger charge is -2.42. The molecular formula is C30H51F. The van der Waals surface area contributed by atoms with Crippen LogP contribution in [0, 0.1) is 35.0 Å². The molecule has 2 saturated carbocycles. The molecule has 0 amide bonds. The van der Waals surface area contributed by atoms with E-state index in [-0.39, 0.29) is 5.41 Å².